The van der Waals surface area contributed by atoms with Crippen molar-refractivity contribution in [3.05, 3.63) is 0 Å². The van der Waals surface area contributed by atoms with Gasteiger partial charge in [-0.25, -0.2) is 0 Å². The highest BCUT2D eigenvalue weighted by molar-refractivity contribution is 7.86. The number of piperidine rings is 1. The Balaban J connectivity index is 2.79. The Morgan fingerprint density at radius 2 is 2.28 bits per heavy atom. The molecule has 18 heavy (non-hydrogen) atoms. The number of terminal acetylenes is 1. The molecule has 1 rings (SSSR count). The molecule has 0 amide bonds. The normalized spacial score (nSPS) is 22.0. The molecule has 1 unspecified atom stereocenters. The van der Waals surface area contributed by atoms with Crippen LogP contribution in [-0.4, -0.2) is 49.8 Å². The molecule has 1 aliphatic rings. The van der Waals surface area contributed by atoms with Crippen molar-refractivity contribution in [1.29, 1.82) is 0 Å². The predicted molar refractivity (Wildman–Crippen MR) is 73.0 cm³/mol. The SMILES string of the molecule is C#CCN(CCC)S(=O)(=O)N1CCCC(CN)C1. The second-order valence-corrected chi connectivity index (χ2v) is 6.58. The Morgan fingerprint density at radius 3 is 2.83 bits per heavy atom. The molecule has 6 heteroatoms. The van der Waals surface area contributed by atoms with Crippen molar-refractivity contribution in [2.75, 3.05) is 32.7 Å². The van der Waals surface area contributed by atoms with E-state index in [1.165, 1.54) is 8.61 Å². The average molecular weight is 273 g/mol. The standard InChI is InChI=1S/C12H23N3O2S/c1-3-7-14(8-4-2)18(16,17)15-9-5-6-12(10-13)11-15/h1,12H,4-11,13H2,2H3. The van der Waals surface area contributed by atoms with Crippen LogP contribution in [0.5, 0.6) is 0 Å². The predicted octanol–water partition coefficient (Wildman–Crippen LogP) is 0.247. The van der Waals surface area contributed by atoms with Crippen LogP contribution in [0.3, 0.4) is 0 Å². The van der Waals surface area contributed by atoms with Crippen LogP contribution in [-0.2, 0) is 10.2 Å². The van der Waals surface area contributed by atoms with Crippen molar-refractivity contribution < 1.29 is 8.42 Å². The van der Waals surface area contributed by atoms with Crippen LogP contribution in [0.15, 0.2) is 0 Å². The second kappa shape index (κ2) is 7.10. The lowest BCUT2D eigenvalue weighted by molar-refractivity contribution is 0.253. The monoisotopic (exact) mass is 273 g/mol. The Bertz CT molecular complexity index is 389. The van der Waals surface area contributed by atoms with Gasteiger partial charge in [-0.15, -0.1) is 6.42 Å². The van der Waals surface area contributed by atoms with Gasteiger partial charge in [-0.3, -0.25) is 0 Å². The summed E-state index contributed by atoms with van der Waals surface area (Å²) in [4.78, 5) is 0. The van der Waals surface area contributed by atoms with E-state index in [4.69, 9.17) is 12.2 Å². The lowest BCUT2D eigenvalue weighted by Crippen LogP contribution is -2.49. The Kier molecular flexibility index (Phi) is 6.09. The minimum atomic E-state index is -3.42. The molecule has 0 aromatic carbocycles. The van der Waals surface area contributed by atoms with Gasteiger partial charge in [0.2, 0.25) is 0 Å². The van der Waals surface area contributed by atoms with Gasteiger partial charge >= 0.3 is 0 Å². The van der Waals surface area contributed by atoms with Crippen LogP contribution in [0.2, 0.25) is 0 Å². The highest BCUT2D eigenvalue weighted by Crippen LogP contribution is 2.20. The topological polar surface area (TPSA) is 66.6 Å². The molecule has 5 nitrogen and oxygen atoms in total. The van der Waals surface area contributed by atoms with E-state index in [0.29, 0.717) is 26.2 Å². The van der Waals surface area contributed by atoms with Crippen LogP contribution in [0.1, 0.15) is 26.2 Å². The summed E-state index contributed by atoms with van der Waals surface area (Å²) in [5.41, 5.74) is 5.63. The van der Waals surface area contributed by atoms with Gasteiger partial charge in [0, 0.05) is 19.6 Å². The molecule has 104 valence electrons. The minimum Gasteiger partial charge on any atom is -0.330 e. The third kappa shape index (κ3) is 3.69. The maximum absolute atomic E-state index is 12.4. The van der Waals surface area contributed by atoms with Crippen molar-refractivity contribution in [1.82, 2.24) is 8.61 Å². The van der Waals surface area contributed by atoms with E-state index < -0.39 is 10.2 Å². The molecule has 0 aliphatic carbocycles. The quantitative estimate of drug-likeness (QED) is 0.705. The molecule has 0 spiro atoms. The maximum Gasteiger partial charge on any atom is 0.282 e. The van der Waals surface area contributed by atoms with Gasteiger partial charge in [-0.1, -0.05) is 12.8 Å². The van der Waals surface area contributed by atoms with E-state index in [1.54, 1.807) is 0 Å². The molecule has 1 fully saturated rings. The summed E-state index contributed by atoms with van der Waals surface area (Å²) in [7, 11) is -3.42. The summed E-state index contributed by atoms with van der Waals surface area (Å²) in [6.07, 6.45) is 7.88. The number of nitrogens with zero attached hydrogens (tertiary/aromatic N) is 2. The Hall–Kier alpha value is -0.610. The van der Waals surface area contributed by atoms with Gasteiger partial charge in [0.05, 0.1) is 6.54 Å². The van der Waals surface area contributed by atoms with Gasteiger partial charge < -0.3 is 5.73 Å². The number of rotatable bonds is 6. The molecule has 2 N–H and O–H groups in total. The third-order valence-electron chi connectivity index (χ3n) is 3.21. The Morgan fingerprint density at radius 1 is 1.56 bits per heavy atom. The third-order valence-corrected chi connectivity index (χ3v) is 5.16. The molecular formula is C12H23N3O2S. The fourth-order valence-corrected chi connectivity index (χ4v) is 3.96. The molecular weight excluding hydrogens is 250 g/mol. The summed E-state index contributed by atoms with van der Waals surface area (Å²) in [5.74, 6) is 2.68. The van der Waals surface area contributed by atoms with Gasteiger partial charge in [0.25, 0.3) is 10.2 Å². The molecule has 1 atom stereocenters. The minimum absolute atomic E-state index is 0.139. The van der Waals surface area contributed by atoms with Crippen molar-refractivity contribution >= 4 is 10.2 Å². The second-order valence-electron chi connectivity index (χ2n) is 4.65. The molecule has 1 saturated heterocycles. The fourth-order valence-electron chi connectivity index (χ4n) is 2.22. The first-order chi connectivity index (χ1) is 8.56. The summed E-state index contributed by atoms with van der Waals surface area (Å²) < 4.78 is 27.8. The molecule has 0 aromatic heterocycles. The summed E-state index contributed by atoms with van der Waals surface area (Å²) >= 11 is 0. The number of nitrogens with two attached hydrogens (primary N) is 1. The van der Waals surface area contributed by atoms with E-state index in [1.807, 2.05) is 6.92 Å². The highest BCUT2D eigenvalue weighted by atomic mass is 32.2. The molecule has 1 aliphatic heterocycles. The Labute approximate surface area is 111 Å². The molecule has 1 heterocycles. The van der Waals surface area contributed by atoms with E-state index >= 15 is 0 Å². The molecule has 0 radical (unpaired) electrons. The van der Waals surface area contributed by atoms with Crippen molar-refractivity contribution in [2.45, 2.75) is 26.2 Å². The first-order valence-electron chi connectivity index (χ1n) is 6.45. The van der Waals surface area contributed by atoms with E-state index in [0.717, 1.165) is 19.3 Å². The molecule has 0 aromatic rings. The number of hydrogen-bond acceptors (Lipinski definition) is 3. The molecule has 0 bridgehead atoms. The fraction of sp³-hybridized carbons (Fsp3) is 0.833. The molecule has 0 saturated carbocycles. The van der Waals surface area contributed by atoms with Crippen LogP contribution in [0.4, 0.5) is 0 Å². The smallest absolute Gasteiger partial charge is 0.282 e. The first-order valence-corrected chi connectivity index (χ1v) is 7.84. The van der Waals surface area contributed by atoms with Crippen molar-refractivity contribution in [3.8, 4) is 12.3 Å². The highest BCUT2D eigenvalue weighted by Gasteiger charge is 2.32. The maximum atomic E-state index is 12.4. The zero-order valence-corrected chi connectivity index (χ0v) is 11.8. The van der Waals surface area contributed by atoms with Gasteiger partial charge in [0.1, 0.15) is 0 Å². The van der Waals surface area contributed by atoms with Gasteiger partial charge in [0.15, 0.2) is 0 Å². The average Bonchev–Trinajstić information content (AvgIpc) is 2.38. The van der Waals surface area contributed by atoms with Crippen LogP contribution >= 0.6 is 0 Å². The zero-order valence-electron chi connectivity index (χ0n) is 11.0. The van der Waals surface area contributed by atoms with Crippen LogP contribution in [0.25, 0.3) is 0 Å². The lowest BCUT2D eigenvalue weighted by atomic mass is 10.0. The van der Waals surface area contributed by atoms with Crippen molar-refractivity contribution in [2.24, 2.45) is 11.7 Å². The lowest BCUT2D eigenvalue weighted by Gasteiger charge is -2.34. The summed E-state index contributed by atoms with van der Waals surface area (Å²) in [6.45, 7) is 4.18. The van der Waals surface area contributed by atoms with E-state index in [-0.39, 0.29) is 12.5 Å². The van der Waals surface area contributed by atoms with Crippen molar-refractivity contribution in [3.63, 3.8) is 0 Å². The van der Waals surface area contributed by atoms with Crippen LogP contribution < -0.4 is 5.73 Å². The van der Waals surface area contributed by atoms with Crippen LogP contribution in [0, 0.1) is 18.3 Å². The largest absolute Gasteiger partial charge is 0.330 e. The van der Waals surface area contributed by atoms with E-state index in [2.05, 4.69) is 5.92 Å². The van der Waals surface area contributed by atoms with Gasteiger partial charge in [-0.05, 0) is 31.7 Å². The zero-order chi connectivity index (χ0) is 13.6. The van der Waals surface area contributed by atoms with Gasteiger partial charge in [-0.2, -0.15) is 17.0 Å². The summed E-state index contributed by atoms with van der Waals surface area (Å²) in [5, 5.41) is 0. The summed E-state index contributed by atoms with van der Waals surface area (Å²) in [6, 6.07) is 0. The first kappa shape index (κ1) is 15.4. The number of hydrogen-bond donors (Lipinski definition) is 1. The van der Waals surface area contributed by atoms with E-state index in [9.17, 15) is 8.42 Å².